The first-order valence-corrected chi connectivity index (χ1v) is 12.6. The van der Waals surface area contributed by atoms with Gasteiger partial charge in [-0.2, -0.15) is 0 Å². The van der Waals surface area contributed by atoms with E-state index < -0.39 is 15.9 Å². The molecule has 34 heavy (non-hydrogen) atoms. The highest BCUT2D eigenvalue weighted by atomic mass is 35.5. The summed E-state index contributed by atoms with van der Waals surface area (Å²) in [6.07, 6.45) is 0.111. The summed E-state index contributed by atoms with van der Waals surface area (Å²) < 4.78 is 27.7. The van der Waals surface area contributed by atoms with Gasteiger partial charge < -0.3 is 10.2 Å². The Morgan fingerprint density at radius 1 is 0.971 bits per heavy atom. The Kier molecular flexibility index (Phi) is 6.84. The summed E-state index contributed by atoms with van der Waals surface area (Å²) in [4.78, 5) is 26.8. The molecule has 0 radical (unpaired) electrons. The van der Waals surface area contributed by atoms with E-state index >= 15 is 0 Å². The number of hydrogen-bond donors (Lipinski definition) is 2. The number of nitrogens with zero attached hydrogens (tertiary/aromatic N) is 1. The molecule has 0 aromatic heterocycles. The van der Waals surface area contributed by atoms with Crippen molar-refractivity contribution in [2.75, 3.05) is 21.5 Å². The largest absolute Gasteiger partial charge is 0.326 e. The van der Waals surface area contributed by atoms with Crippen molar-refractivity contribution in [2.24, 2.45) is 5.92 Å². The Morgan fingerprint density at radius 3 is 2.35 bits per heavy atom. The zero-order chi connectivity index (χ0) is 24.5. The van der Waals surface area contributed by atoms with E-state index in [9.17, 15) is 18.0 Å². The van der Waals surface area contributed by atoms with Crippen LogP contribution in [0, 0.1) is 12.8 Å². The summed E-state index contributed by atoms with van der Waals surface area (Å²) in [5, 5.41) is 3.31. The summed E-state index contributed by atoms with van der Waals surface area (Å²) in [6.45, 7) is 2.23. The van der Waals surface area contributed by atoms with Crippen LogP contribution in [0.25, 0.3) is 0 Å². The number of aryl methyl sites for hydroxylation is 1. The molecule has 1 unspecified atom stereocenters. The number of anilines is 3. The second kappa shape index (κ2) is 9.66. The summed E-state index contributed by atoms with van der Waals surface area (Å²) in [5.74, 6) is -0.915. The van der Waals surface area contributed by atoms with Crippen molar-refractivity contribution >= 4 is 62.1 Å². The lowest BCUT2D eigenvalue weighted by Crippen LogP contribution is -2.28. The predicted octanol–water partition coefficient (Wildman–Crippen LogP) is 5.09. The van der Waals surface area contributed by atoms with Crippen LogP contribution in [0.3, 0.4) is 0 Å². The molecule has 2 amide bonds. The Hall–Kier alpha value is -3.07. The fraction of sp³-hybridized carbons (Fsp3) is 0.167. The summed E-state index contributed by atoms with van der Waals surface area (Å²) in [7, 11) is -3.87. The Morgan fingerprint density at radius 2 is 1.68 bits per heavy atom. The van der Waals surface area contributed by atoms with Crippen molar-refractivity contribution in [2.45, 2.75) is 18.2 Å². The third kappa shape index (κ3) is 5.35. The van der Waals surface area contributed by atoms with Crippen LogP contribution in [0.15, 0.2) is 71.6 Å². The Labute approximate surface area is 207 Å². The van der Waals surface area contributed by atoms with Gasteiger partial charge in [-0.15, -0.1) is 0 Å². The molecule has 0 saturated carbocycles. The molecule has 1 atom stereocenters. The highest BCUT2D eigenvalue weighted by Gasteiger charge is 2.35. The lowest BCUT2D eigenvalue weighted by molar-refractivity contribution is -0.122. The minimum atomic E-state index is -3.87. The lowest BCUT2D eigenvalue weighted by atomic mass is 10.1. The Bertz CT molecular complexity index is 1360. The van der Waals surface area contributed by atoms with E-state index in [1.165, 1.54) is 42.5 Å². The molecule has 1 fully saturated rings. The number of halogens is 2. The molecule has 2 N–H and O–H groups in total. The zero-order valence-corrected chi connectivity index (χ0v) is 20.4. The van der Waals surface area contributed by atoms with Gasteiger partial charge in [0.05, 0.1) is 26.5 Å². The smallest absolute Gasteiger partial charge is 0.261 e. The first-order chi connectivity index (χ1) is 16.1. The maximum absolute atomic E-state index is 12.7. The number of rotatable bonds is 6. The second-order valence-corrected chi connectivity index (χ2v) is 10.5. The highest BCUT2D eigenvalue weighted by molar-refractivity contribution is 7.92. The number of nitrogens with one attached hydrogen (secondary N) is 2. The highest BCUT2D eigenvalue weighted by Crippen LogP contribution is 2.28. The number of benzene rings is 3. The average molecular weight is 518 g/mol. The number of hydrogen-bond acceptors (Lipinski definition) is 4. The third-order valence-corrected chi connectivity index (χ3v) is 7.55. The van der Waals surface area contributed by atoms with Gasteiger partial charge in [0.15, 0.2) is 0 Å². The molecule has 176 valence electrons. The topological polar surface area (TPSA) is 95.6 Å². The molecule has 0 bridgehead atoms. The average Bonchev–Trinajstić information content (AvgIpc) is 3.18. The van der Waals surface area contributed by atoms with Gasteiger partial charge in [0, 0.05) is 24.3 Å². The van der Waals surface area contributed by atoms with Crippen molar-refractivity contribution in [1.82, 2.24) is 0 Å². The van der Waals surface area contributed by atoms with Crippen molar-refractivity contribution in [1.29, 1.82) is 0 Å². The molecule has 1 saturated heterocycles. The summed E-state index contributed by atoms with van der Waals surface area (Å²) in [5.41, 5.74) is 2.50. The van der Waals surface area contributed by atoms with Crippen molar-refractivity contribution in [3.05, 3.63) is 82.3 Å². The quantitative estimate of drug-likeness (QED) is 0.475. The molecule has 3 aromatic carbocycles. The van der Waals surface area contributed by atoms with Crippen molar-refractivity contribution < 1.29 is 18.0 Å². The monoisotopic (exact) mass is 517 g/mol. The van der Waals surface area contributed by atoms with Gasteiger partial charge in [0.1, 0.15) is 0 Å². The van der Waals surface area contributed by atoms with Gasteiger partial charge in [-0.25, -0.2) is 8.42 Å². The SMILES string of the molecule is Cc1cccc(N2CC(C(=O)Nc3ccc(S(=O)(=O)Nc4ccc(Cl)c(Cl)c4)cc3)CC2=O)c1. The van der Waals surface area contributed by atoms with E-state index in [0.717, 1.165) is 11.3 Å². The van der Waals surface area contributed by atoms with Crippen LogP contribution >= 0.6 is 23.2 Å². The maximum atomic E-state index is 12.7. The zero-order valence-electron chi connectivity index (χ0n) is 18.1. The van der Waals surface area contributed by atoms with Crippen LogP contribution in [0.2, 0.25) is 10.0 Å². The molecular formula is C24H21Cl2N3O4S. The molecule has 10 heteroatoms. The molecular weight excluding hydrogens is 497 g/mol. The van der Waals surface area contributed by atoms with E-state index in [4.69, 9.17) is 23.2 Å². The molecule has 4 rings (SSSR count). The van der Waals surface area contributed by atoms with E-state index in [2.05, 4.69) is 10.0 Å². The molecule has 0 spiro atoms. The van der Waals surface area contributed by atoms with Crippen LogP contribution < -0.4 is 14.9 Å². The number of carbonyl (C=O) groups is 2. The molecule has 1 heterocycles. The van der Waals surface area contributed by atoms with Crippen molar-refractivity contribution in [3.63, 3.8) is 0 Å². The first kappa shape index (κ1) is 24.1. The molecule has 7 nitrogen and oxygen atoms in total. The lowest BCUT2D eigenvalue weighted by Gasteiger charge is -2.17. The minimum Gasteiger partial charge on any atom is -0.326 e. The van der Waals surface area contributed by atoms with Gasteiger partial charge in [0.2, 0.25) is 11.8 Å². The third-order valence-electron chi connectivity index (χ3n) is 5.41. The van der Waals surface area contributed by atoms with Gasteiger partial charge in [-0.1, -0.05) is 35.3 Å². The van der Waals surface area contributed by atoms with Gasteiger partial charge >= 0.3 is 0 Å². The fourth-order valence-corrected chi connectivity index (χ4v) is 5.01. The van der Waals surface area contributed by atoms with E-state index in [1.54, 1.807) is 4.90 Å². The molecule has 1 aliphatic rings. The van der Waals surface area contributed by atoms with Crippen LogP contribution in [-0.4, -0.2) is 26.8 Å². The molecule has 3 aromatic rings. The van der Waals surface area contributed by atoms with Crippen LogP contribution in [0.1, 0.15) is 12.0 Å². The standard InChI is InChI=1S/C24H21Cl2N3O4S/c1-15-3-2-4-19(11-15)29-14-16(12-23(29)30)24(31)27-17-5-8-20(9-6-17)34(32,33)28-18-7-10-21(25)22(26)13-18/h2-11,13,16,28H,12,14H2,1H3,(H,27,31). The summed E-state index contributed by atoms with van der Waals surface area (Å²) in [6, 6.07) is 17.7. The minimum absolute atomic E-state index is 0.0123. The second-order valence-electron chi connectivity index (χ2n) is 7.99. The number of sulfonamides is 1. The van der Waals surface area contributed by atoms with Crippen LogP contribution in [0.5, 0.6) is 0 Å². The van der Waals surface area contributed by atoms with Crippen LogP contribution in [-0.2, 0) is 19.6 Å². The maximum Gasteiger partial charge on any atom is 0.261 e. The first-order valence-electron chi connectivity index (χ1n) is 10.4. The van der Waals surface area contributed by atoms with E-state index in [-0.39, 0.29) is 40.4 Å². The Balaban J connectivity index is 1.41. The van der Waals surface area contributed by atoms with Gasteiger partial charge in [0.25, 0.3) is 10.0 Å². The predicted molar refractivity (Wildman–Crippen MR) is 134 cm³/mol. The van der Waals surface area contributed by atoms with E-state index in [1.807, 2.05) is 31.2 Å². The van der Waals surface area contributed by atoms with Crippen LogP contribution in [0.4, 0.5) is 17.1 Å². The number of amides is 2. The van der Waals surface area contributed by atoms with Gasteiger partial charge in [-0.3, -0.25) is 14.3 Å². The molecule has 1 aliphatic heterocycles. The number of carbonyl (C=O) groups excluding carboxylic acids is 2. The fourth-order valence-electron chi connectivity index (χ4n) is 3.66. The normalized spacial score (nSPS) is 15.9. The molecule has 0 aliphatic carbocycles. The van der Waals surface area contributed by atoms with Gasteiger partial charge in [-0.05, 0) is 67.1 Å². The van der Waals surface area contributed by atoms with Crippen molar-refractivity contribution in [3.8, 4) is 0 Å². The van der Waals surface area contributed by atoms with E-state index in [0.29, 0.717) is 10.7 Å². The summed E-state index contributed by atoms with van der Waals surface area (Å²) >= 11 is 11.8.